The van der Waals surface area contributed by atoms with Crippen LogP contribution in [0.25, 0.3) is 0 Å². The fraction of sp³-hybridized carbons (Fsp3) is 0.833. The topological polar surface area (TPSA) is 41.6 Å². The Hall–Kier alpha value is -0.730. The Kier molecular flexibility index (Phi) is 1.60. The summed E-state index contributed by atoms with van der Waals surface area (Å²) >= 11 is 0. The highest BCUT2D eigenvalue weighted by Crippen LogP contribution is 2.08. The molecule has 0 spiro atoms. The third kappa shape index (κ3) is 1.59. The first-order valence-electron chi connectivity index (χ1n) is 3.22. The molecule has 0 aromatic carbocycles. The lowest BCUT2D eigenvalue weighted by atomic mass is 10.1. The van der Waals surface area contributed by atoms with Crippen molar-refractivity contribution in [2.75, 3.05) is 13.6 Å². The van der Waals surface area contributed by atoms with Gasteiger partial charge in [0.05, 0.1) is 0 Å². The first-order chi connectivity index (χ1) is 4.18. The van der Waals surface area contributed by atoms with Gasteiger partial charge in [-0.05, 0) is 5.92 Å². The van der Waals surface area contributed by atoms with E-state index in [0.29, 0.717) is 5.92 Å². The molecule has 0 saturated heterocycles. The minimum absolute atomic E-state index is 0.660. The number of nitrogens with two attached hydrogens (primary N) is 1. The zero-order valence-corrected chi connectivity index (χ0v) is 5.96. The summed E-state index contributed by atoms with van der Waals surface area (Å²) in [5, 5.41) is 5.95. The van der Waals surface area contributed by atoms with Crippen molar-refractivity contribution in [1.29, 1.82) is 0 Å². The zero-order chi connectivity index (χ0) is 6.85. The van der Waals surface area contributed by atoms with E-state index in [2.05, 4.69) is 12.0 Å². The molecule has 0 fully saturated rings. The predicted molar refractivity (Wildman–Crippen MR) is 38.0 cm³/mol. The van der Waals surface area contributed by atoms with Crippen molar-refractivity contribution in [3.8, 4) is 0 Å². The van der Waals surface area contributed by atoms with E-state index in [1.807, 2.05) is 12.1 Å². The van der Waals surface area contributed by atoms with Gasteiger partial charge >= 0.3 is 0 Å². The fourth-order valence-electron chi connectivity index (χ4n) is 1.17. The van der Waals surface area contributed by atoms with Crippen LogP contribution < -0.4 is 5.73 Å². The molecule has 0 aliphatic carbocycles. The van der Waals surface area contributed by atoms with E-state index in [1.54, 1.807) is 0 Å². The van der Waals surface area contributed by atoms with Gasteiger partial charge in [0.15, 0.2) is 0 Å². The summed E-state index contributed by atoms with van der Waals surface area (Å²) in [7, 11) is 1.95. The molecule has 1 aliphatic rings. The van der Waals surface area contributed by atoms with Gasteiger partial charge in [0, 0.05) is 20.0 Å². The van der Waals surface area contributed by atoms with E-state index in [9.17, 15) is 0 Å². The van der Waals surface area contributed by atoms with Crippen LogP contribution in [0.4, 0.5) is 0 Å². The quantitative estimate of drug-likeness (QED) is 0.506. The lowest BCUT2D eigenvalue weighted by molar-refractivity contribution is 0.282. The molecule has 3 heteroatoms. The summed E-state index contributed by atoms with van der Waals surface area (Å²) in [6.45, 7) is 3.21. The molecule has 0 radical (unpaired) electrons. The number of hydrogen-bond donors (Lipinski definition) is 1. The summed E-state index contributed by atoms with van der Waals surface area (Å²) in [6, 6.07) is 0. The third-order valence-corrected chi connectivity index (χ3v) is 1.43. The second kappa shape index (κ2) is 2.25. The Morgan fingerprint density at radius 3 is 2.89 bits per heavy atom. The van der Waals surface area contributed by atoms with Gasteiger partial charge in [0.1, 0.15) is 5.84 Å². The second-order valence-corrected chi connectivity index (χ2v) is 2.74. The van der Waals surface area contributed by atoms with Crippen LogP contribution >= 0.6 is 0 Å². The minimum atomic E-state index is 0.660. The Morgan fingerprint density at radius 2 is 2.44 bits per heavy atom. The molecular weight excluding hydrogens is 114 g/mol. The zero-order valence-electron chi connectivity index (χ0n) is 5.96. The molecule has 0 saturated carbocycles. The number of rotatable bonds is 0. The van der Waals surface area contributed by atoms with Gasteiger partial charge in [-0.1, -0.05) is 6.92 Å². The van der Waals surface area contributed by atoms with Crippen molar-refractivity contribution < 1.29 is 0 Å². The highest BCUT2D eigenvalue weighted by molar-refractivity contribution is 5.80. The molecule has 9 heavy (non-hydrogen) atoms. The number of hydrazone groups is 1. The molecular formula is C6H13N3. The van der Waals surface area contributed by atoms with Crippen LogP contribution in [0.5, 0.6) is 0 Å². The molecule has 0 bridgehead atoms. The van der Waals surface area contributed by atoms with E-state index in [1.165, 1.54) is 0 Å². The van der Waals surface area contributed by atoms with E-state index in [-0.39, 0.29) is 0 Å². The lowest BCUT2D eigenvalue weighted by Crippen LogP contribution is -2.32. The van der Waals surface area contributed by atoms with Gasteiger partial charge in [-0.25, -0.2) is 0 Å². The van der Waals surface area contributed by atoms with E-state index in [4.69, 9.17) is 5.73 Å². The van der Waals surface area contributed by atoms with Crippen molar-refractivity contribution in [2.24, 2.45) is 16.8 Å². The summed E-state index contributed by atoms with van der Waals surface area (Å²) in [5.74, 6) is 1.42. The normalized spacial score (nSPS) is 28.0. The molecule has 1 rings (SSSR count). The van der Waals surface area contributed by atoms with Crippen molar-refractivity contribution in [2.45, 2.75) is 13.3 Å². The Labute approximate surface area is 55.5 Å². The SMILES string of the molecule is C[C@@H]1CC(N)=NN(C)C1. The van der Waals surface area contributed by atoms with Crippen LogP contribution in [0.2, 0.25) is 0 Å². The third-order valence-electron chi connectivity index (χ3n) is 1.43. The van der Waals surface area contributed by atoms with E-state index in [0.717, 1.165) is 18.8 Å². The first-order valence-corrected chi connectivity index (χ1v) is 3.22. The summed E-state index contributed by atoms with van der Waals surface area (Å²) in [5.41, 5.74) is 5.52. The van der Waals surface area contributed by atoms with Crippen molar-refractivity contribution >= 4 is 5.84 Å². The van der Waals surface area contributed by atoms with Crippen molar-refractivity contribution in [1.82, 2.24) is 5.01 Å². The standard InChI is InChI=1S/C6H13N3/c1-5-3-6(7)8-9(2)4-5/h5H,3-4H2,1-2H3,(H2,7,8)/t5-/m1/s1. The lowest BCUT2D eigenvalue weighted by Gasteiger charge is -2.24. The van der Waals surface area contributed by atoms with Gasteiger partial charge in [-0.15, -0.1) is 0 Å². The largest absolute Gasteiger partial charge is 0.386 e. The van der Waals surface area contributed by atoms with Crippen LogP contribution in [0.3, 0.4) is 0 Å². The number of nitrogens with zero attached hydrogens (tertiary/aromatic N) is 2. The van der Waals surface area contributed by atoms with Crippen LogP contribution in [0.1, 0.15) is 13.3 Å². The van der Waals surface area contributed by atoms with Crippen LogP contribution in [0.15, 0.2) is 5.10 Å². The first kappa shape index (κ1) is 6.39. The molecule has 1 atom stereocenters. The molecule has 1 aliphatic heterocycles. The molecule has 52 valence electrons. The highest BCUT2D eigenvalue weighted by atomic mass is 15.5. The monoisotopic (exact) mass is 127 g/mol. The number of amidine groups is 1. The van der Waals surface area contributed by atoms with Gasteiger partial charge in [0.25, 0.3) is 0 Å². The van der Waals surface area contributed by atoms with Crippen LogP contribution in [-0.4, -0.2) is 24.4 Å². The summed E-state index contributed by atoms with van der Waals surface area (Å²) < 4.78 is 0. The average Bonchev–Trinajstić information content (AvgIpc) is 1.59. The second-order valence-electron chi connectivity index (χ2n) is 2.74. The Balaban J connectivity index is 2.56. The highest BCUT2D eigenvalue weighted by Gasteiger charge is 2.12. The van der Waals surface area contributed by atoms with Crippen LogP contribution in [-0.2, 0) is 0 Å². The van der Waals surface area contributed by atoms with E-state index >= 15 is 0 Å². The smallest absolute Gasteiger partial charge is 0.120 e. The van der Waals surface area contributed by atoms with Gasteiger partial charge < -0.3 is 5.73 Å². The van der Waals surface area contributed by atoms with E-state index < -0.39 is 0 Å². The predicted octanol–water partition coefficient (Wildman–Crippen LogP) is 0.230. The molecule has 0 unspecified atom stereocenters. The number of hydrogen-bond acceptors (Lipinski definition) is 3. The minimum Gasteiger partial charge on any atom is -0.386 e. The van der Waals surface area contributed by atoms with Crippen molar-refractivity contribution in [3.63, 3.8) is 0 Å². The maximum absolute atomic E-state index is 5.52. The van der Waals surface area contributed by atoms with Gasteiger partial charge in [-0.2, -0.15) is 5.10 Å². The summed E-state index contributed by atoms with van der Waals surface area (Å²) in [4.78, 5) is 0. The fourth-order valence-corrected chi connectivity index (χ4v) is 1.17. The van der Waals surface area contributed by atoms with Gasteiger partial charge in [-0.3, -0.25) is 5.01 Å². The summed E-state index contributed by atoms with van der Waals surface area (Å²) in [6.07, 6.45) is 0.949. The van der Waals surface area contributed by atoms with Crippen LogP contribution in [0, 0.1) is 5.92 Å². The maximum Gasteiger partial charge on any atom is 0.120 e. The van der Waals surface area contributed by atoms with Crippen molar-refractivity contribution in [3.05, 3.63) is 0 Å². The molecule has 0 amide bonds. The molecule has 0 aromatic rings. The molecule has 3 nitrogen and oxygen atoms in total. The average molecular weight is 127 g/mol. The molecule has 0 aromatic heterocycles. The maximum atomic E-state index is 5.52. The van der Waals surface area contributed by atoms with Gasteiger partial charge in [0.2, 0.25) is 0 Å². The Morgan fingerprint density at radius 1 is 1.78 bits per heavy atom. The molecule has 2 N–H and O–H groups in total. The Bertz CT molecular complexity index is 130. The molecule has 1 heterocycles.